The second kappa shape index (κ2) is 10.9. The Morgan fingerprint density at radius 1 is 0.969 bits per heavy atom. The number of nitrogens with zero attached hydrogens (tertiary/aromatic N) is 2. The van der Waals surface area contributed by atoms with Gasteiger partial charge in [-0.15, -0.1) is 10.2 Å². The fourth-order valence-corrected chi connectivity index (χ4v) is 5.34. The lowest BCUT2D eigenvalue weighted by Gasteiger charge is -2.10. The quantitative estimate of drug-likeness (QED) is 0.252. The van der Waals surface area contributed by atoms with Gasteiger partial charge in [0.15, 0.2) is 4.34 Å². The molecule has 162 valence electrons. The van der Waals surface area contributed by atoms with Crippen molar-refractivity contribution >= 4 is 68.9 Å². The molecule has 4 rings (SSSR count). The Labute approximate surface area is 204 Å². The number of hydrogen-bond acceptors (Lipinski definition) is 7. The number of para-hydroxylation sites is 2. The number of thioether (sulfide) groups is 1. The number of rotatable bonds is 8. The van der Waals surface area contributed by atoms with Crippen LogP contribution in [0, 0.1) is 6.92 Å². The molecule has 0 radical (unpaired) electrons. The van der Waals surface area contributed by atoms with E-state index in [1.807, 2.05) is 79.7 Å². The van der Waals surface area contributed by atoms with Gasteiger partial charge in [0, 0.05) is 20.5 Å². The minimum atomic E-state index is -0.0947. The van der Waals surface area contributed by atoms with Gasteiger partial charge in [0.2, 0.25) is 11.0 Å². The van der Waals surface area contributed by atoms with Gasteiger partial charge in [0.05, 0.1) is 11.4 Å². The van der Waals surface area contributed by atoms with Crippen LogP contribution >= 0.6 is 46.5 Å². The average Bonchev–Trinajstić information content (AvgIpc) is 3.24. The van der Waals surface area contributed by atoms with Gasteiger partial charge in [-0.05, 0) is 55.0 Å². The summed E-state index contributed by atoms with van der Waals surface area (Å²) in [5.74, 6) is 0.154. The molecular weight excluding hydrogens is 480 g/mol. The molecule has 0 atom stereocenters. The molecule has 0 fully saturated rings. The number of carbonyl (C=O) groups excluding carboxylic acids is 1. The van der Waals surface area contributed by atoms with Crippen LogP contribution in [-0.4, -0.2) is 21.9 Å². The summed E-state index contributed by atoms with van der Waals surface area (Å²) in [4.78, 5) is 14.6. The first-order valence-electron chi connectivity index (χ1n) is 9.68. The van der Waals surface area contributed by atoms with Crippen molar-refractivity contribution < 1.29 is 4.79 Å². The van der Waals surface area contributed by atoms with Crippen LogP contribution in [0.4, 0.5) is 16.5 Å². The van der Waals surface area contributed by atoms with E-state index in [0.717, 1.165) is 31.1 Å². The molecule has 32 heavy (non-hydrogen) atoms. The number of aryl methyl sites for hydroxylation is 1. The zero-order chi connectivity index (χ0) is 22.3. The van der Waals surface area contributed by atoms with Gasteiger partial charge in [-0.25, -0.2) is 0 Å². The SMILES string of the molecule is Cc1ccccc1Nc1nnc(SCC(=O)Nc2ccccc2Sc2ccc(Cl)cc2)s1. The number of hydrogen-bond donors (Lipinski definition) is 2. The molecule has 1 amide bonds. The van der Waals surface area contributed by atoms with E-state index in [4.69, 9.17) is 11.6 Å². The molecule has 1 heterocycles. The zero-order valence-corrected chi connectivity index (χ0v) is 20.2. The largest absolute Gasteiger partial charge is 0.330 e. The first kappa shape index (κ1) is 22.7. The molecule has 0 spiro atoms. The van der Waals surface area contributed by atoms with E-state index in [0.29, 0.717) is 10.2 Å². The van der Waals surface area contributed by atoms with E-state index in [-0.39, 0.29) is 11.7 Å². The zero-order valence-electron chi connectivity index (χ0n) is 17.0. The van der Waals surface area contributed by atoms with Gasteiger partial charge in [-0.3, -0.25) is 4.79 Å². The number of halogens is 1. The molecule has 5 nitrogen and oxygen atoms in total. The Bertz CT molecular complexity index is 1210. The molecule has 9 heteroatoms. The summed E-state index contributed by atoms with van der Waals surface area (Å²) in [6, 6.07) is 23.4. The van der Waals surface area contributed by atoms with Crippen LogP contribution in [0.2, 0.25) is 5.02 Å². The number of carbonyl (C=O) groups is 1. The number of aromatic nitrogens is 2. The molecule has 0 saturated carbocycles. The summed E-state index contributed by atoms with van der Waals surface area (Å²) >= 11 is 10.3. The maximum absolute atomic E-state index is 12.6. The smallest absolute Gasteiger partial charge is 0.234 e. The molecule has 2 N–H and O–H groups in total. The Morgan fingerprint density at radius 3 is 2.47 bits per heavy atom. The van der Waals surface area contributed by atoms with E-state index < -0.39 is 0 Å². The molecule has 0 aliphatic rings. The maximum Gasteiger partial charge on any atom is 0.234 e. The predicted octanol–water partition coefficient (Wildman–Crippen LogP) is 7.13. The summed E-state index contributed by atoms with van der Waals surface area (Å²) in [6.07, 6.45) is 0. The van der Waals surface area contributed by atoms with E-state index >= 15 is 0 Å². The van der Waals surface area contributed by atoms with E-state index in [1.54, 1.807) is 11.8 Å². The highest BCUT2D eigenvalue weighted by atomic mass is 35.5. The highest BCUT2D eigenvalue weighted by Gasteiger charge is 2.11. The first-order valence-corrected chi connectivity index (χ1v) is 12.7. The monoisotopic (exact) mass is 498 g/mol. The predicted molar refractivity (Wildman–Crippen MR) is 136 cm³/mol. The van der Waals surface area contributed by atoms with Gasteiger partial charge >= 0.3 is 0 Å². The lowest BCUT2D eigenvalue weighted by Crippen LogP contribution is -2.14. The van der Waals surface area contributed by atoms with Crippen molar-refractivity contribution in [1.82, 2.24) is 10.2 Å². The van der Waals surface area contributed by atoms with Crippen LogP contribution in [0.15, 0.2) is 86.9 Å². The van der Waals surface area contributed by atoms with Crippen LogP contribution in [0.3, 0.4) is 0 Å². The highest BCUT2D eigenvalue weighted by Crippen LogP contribution is 2.34. The van der Waals surface area contributed by atoms with Crippen molar-refractivity contribution in [2.24, 2.45) is 0 Å². The third kappa shape index (κ3) is 6.26. The van der Waals surface area contributed by atoms with Gasteiger partial charge in [-0.2, -0.15) is 0 Å². The van der Waals surface area contributed by atoms with Gasteiger partial charge < -0.3 is 10.6 Å². The highest BCUT2D eigenvalue weighted by molar-refractivity contribution is 8.01. The van der Waals surface area contributed by atoms with Crippen LogP contribution in [-0.2, 0) is 4.79 Å². The Morgan fingerprint density at radius 2 is 1.69 bits per heavy atom. The molecule has 1 aromatic heterocycles. The normalized spacial score (nSPS) is 10.7. The lowest BCUT2D eigenvalue weighted by molar-refractivity contribution is -0.113. The van der Waals surface area contributed by atoms with Crippen LogP contribution in [0.25, 0.3) is 0 Å². The third-order valence-corrected chi connectivity index (χ3v) is 7.63. The molecule has 4 aromatic rings. The van der Waals surface area contributed by atoms with Gasteiger partial charge in [-0.1, -0.05) is 76.8 Å². The molecule has 0 unspecified atom stereocenters. The average molecular weight is 499 g/mol. The summed E-state index contributed by atoms with van der Waals surface area (Å²) in [5, 5.41) is 16.0. The maximum atomic E-state index is 12.6. The molecule has 0 aliphatic carbocycles. The van der Waals surface area contributed by atoms with Gasteiger partial charge in [0.25, 0.3) is 0 Å². The lowest BCUT2D eigenvalue weighted by atomic mass is 10.2. The molecule has 3 aromatic carbocycles. The van der Waals surface area contributed by atoms with Crippen LogP contribution in [0.1, 0.15) is 5.56 Å². The van der Waals surface area contributed by atoms with Crippen molar-refractivity contribution in [2.45, 2.75) is 21.1 Å². The van der Waals surface area contributed by atoms with Crippen molar-refractivity contribution in [2.75, 3.05) is 16.4 Å². The summed E-state index contributed by atoms with van der Waals surface area (Å²) in [6.45, 7) is 2.03. The number of nitrogens with one attached hydrogen (secondary N) is 2. The van der Waals surface area contributed by atoms with Crippen molar-refractivity contribution in [3.05, 3.63) is 83.4 Å². The summed E-state index contributed by atoms with van der Waals surface area (Å²) < 4.78 is 0.736. The Kier molecular flexibility index (Phi) is 7.70. The molecular formula is C23H19ClN4OS3. The van der Waals surface area contributed by atoms with Crippen molar-refractivity contribution in [3.63, 3.8) is 0 Å². The molecule has 0 aliphatic heterocycles. The van der Waals surface area contributed by atoms with E-state index in [2.05, 4.69) is 20.8 Å². The Hall–Kier alpha value is -2.52. The Balaban J connectivity index is 1.33. The fraction of sp³-hybridized carbons (Fsp3) is 0.0870. The standard InChI is InChI=1S/C23H19ClN4OS3/c1-15-6-2-3-7-18(15)26-22-27-28-23(32-22)30-14-21(29)25-19-8-4-5-9-20(19)31-17-12-10-16(24)11-13-17/h2-13H,14H2,1H3,(H,25,29)(H,26,27). The summed E-state index contributed by atoms with van der Waals surface area (Å²) in [7, 11) is 0. The number of anilines is 3. The van der Waals surface area contributed by atoms with E-state index in [9.17, 15) is 4.79 Å². The second-order valence-electron chi connectivity index (χ2n) is 6.70. The van der Waals surface area contributed by atoms with Crippen molar-refractivity contribution in [3.8, 4) is 0 Å². The number of benzene rings is 3. The summed E-state index contributed by atoms with van der Waals surface area (Å²) in [5.41, 5.74) is 2.90. The molecule has 0 bridgehead atoms. The van der Waals surface area contributed by atoms with E-state index in [1.165, 1.54) is 23.1 Å². The van der Waals surface area contributed by atoms with Gasteiger partial charge in [0.1, 0.15) is 0 Å². The first-order chi connectivity index (χ1) is 15.6. The van der Waals surface area contributed by atoms with Crippen LogP contribution < -0.4 is 10.6 Å². The minimum absolute atomic E-state index is 0.0947. The van der Waals surface area contributed by atoms with Crippen molar-refractivity contribution in [1.29, 1.82) is 0 Å². The fourth-order valence-electron chi connectivity index (χ4n) is 2.75. The van der Waals surface area contributed by atoms with Crippen LogP contribution in [0.5, 0.6) is 0 Å². The minimum Gasteiger partial charge on any atom is -0.330 e. The second-order valence-corrected chi connectivity index (χ2v) is 10.5. The number of amides is 1. The third-order valence-electron chi connectivity index (χ3n) is 4.32. The topological polar surface area (TPSA) is 66.9 Å². The molecule has 0 saturated heterocycles.